The van der Waals surface area contributed by atoms with Gasteiger partial charge >= 0.3 is 5.97 Å². The zero-order chi connectivity index (χ0) is 21.7. The maximum Gasteiger partial charge on any atom is 0.338 e. The molecule has 0 aliphatic heterocycles. The summed E-state index contributed by atoms with van der Waals surface area (Å²) >= 11 is 8.29. The van der Waals surface area contributed by atoms with E-state index in [9.17, 15) is 9.59 Å². The number of hydrogen-bond donors (Lipinski definition) is 0. The normalized spacial score (nSPS) is 10.8. The SMILES string of the molecule is CSc1nn(-c2ccc(C(=O)OCC(=O)N(c3ccccc3)C(C)C)cc2)c(=S)s1. The Balaban J connectivity index is 1.66. The van der Waals surface area contributed by atoms with E-state index in [1.54, 1.807) is 33.8 Å². The molecule has 0 atom stereocenters. The third kappa shape index (κ3) is 5.16. The van der Waals surface area contributed by atoms with Crippen LogP contribution in [0.3, 0.4) is 0 Å². The van der Waals surface area contributed by atoms with Crippen molar-refractivity contribution in [2.24, 2.45) is 0 Å². The largest absolute Gasteiger partial charge is 0.452 e. The molecule has 0 aliphatic rings. The van der Waals surface area contributed by atoms with E-state index in [-0.39, 0.29) is 18.6 Å². The Morgan fingerprint density at radius 3 is 2.40 bits per heavy atom. The molecule has 9 heteroatoms. The first-order chi connectivity index (χ1) is 14.4. The maximum atomic E-state index is 12.7. The average molecular weight is 460 g/mol. The summed E-state index contributed by atoms with van der Waals surface area (Å²) in [5.74, 6) is -0.835. The van der Waals surface area contributed by atoms with E-state index in [1.165, 1.54) is 23.1 Å². The van der Waals surface area contributed by atoms with Crippen LogP contribution in [0.15, 0.2) is 58.9 Å². The van der Waals surface area contributed by atoms with E-state index >= 15 is 0 Å². The molecule has 0 fully saturated rings. The van der Waals surface area contributed by atoms with Crippen molar-refractivity contribution in [3.8, 4) is 5.69 Å². The molecule has 2 aromatic carbocycles. The second kappa shape index (κ2) is 10.0. The van der Waals surface area contributed by atoms with Gasteiger partial charge in [0.15, 0.2) is 14.9 Å². The molecule has 0 N–H and O–H groups in total. The Labute approximate surface area is 188 Å². The highest BCUT2D eigenvalue weighted by Crippen LogP contribution is 2.22. The zero-order valence-corrected chi connectivity index (χ0v) is 19.2. The lowest BCUT2D eigenvalue weighted by Crippen LogP contribution is -2.39. The number of para-hydroxylation sites is 1. The molecular weight excluding hydrogens is 438 g/mol. The van der Waals surface area contributed by atoms with Crippen LogP contribution in [0.5, 0.6) is 0 Å². The molecule has 30 heavy (non-hydrogen) atoms. The molecule has 0 saturated carbocycles. The van der Waals surface area contributed by atoms with E-state index in [4.69, 9.17) is 17.0 Å². The predicted molar refractivity (Wildman–Crippen MR) is 123 cm³/mol. The first-order valence-electron chi connectivity index (χ1n) is 9.19. The van der Waals surface area contributed by atoms with E-state index in [0.29, 0.717) is 9.52 Å². The number of rotatable bonds is 7. The van der Waals surface area contributed by atoms with Gasteiger partial charge in [0.25, 0.3) is 5.91 Å². The number of carbonyl (C=O) groups is 2. The third-order valence-electron chi connectivity index (χ3n) is 4.20. The second-order valence-corrected chi connectivity index (χ2v) is 9.24. The Hall–Kier alpha value is -2.49. The van der Waals surface area contributed by atoms with Crippen LogP contribution in [0.25, 0.3) is 5.69 Å². The fourth-order valence-electron chi connectivity index (χ4n) is 2.84. The lowest BCUT2D eigenvalue weighted by atomic mass is 10.2. The summed E-state index contributed by atoms with van der Waals surface area (Å²) in [6, 6.07) is 16.0. The summed E-state index contributed by atoms with van der Waals surface area (Å²) in [7, 11) is 0. The van der Waals surface area contributed by atoms with Gasteiger partial charge in [-0.2, -0.15) is 0 Å². The van der Waals surface area contributed by atoms with Crippen molar-refractivity contribution < 1.29 is 14.3 Å². The molecule has 0 unspecified atom stereocenters. The van der Waals surface area contributed by atoms with Gasteiger partial charge in [0, 0.05) is 11.7 Å². The number of esters is 1. The van der Waals surface area contributed by atoms with Gasteiger partial charge in [-0.05, 0) is 68.7 Å². The van der Waals surface area contributed by atoms with Crippen molar-refractivity contribution in [3.05, 3.63) is 64.1 Å². The molecule has 6 nitrogen and oxygen atoms in total. The highest BCUT2D eigenvalue weighted by molar-refractivity contribution is 8.00. The van der Waals surface area contributed by atoms with Crippen LogP contribution < -0.4 is 4.90 Å². The summed E-state index contributed by atoms with van der Waals surface area (Å²) < 4.78 is 8.42. The number of nitrogens with zero attached hydrogens (tertiary/aromatic N) is 3. The quantitative estimate of drug-likeness (QED) is 0.282. The van der Waals surface area contributed by atoms with Gasteiger partial charge in [-0.1, -0.05) is 41.3 Å². The Kier molecular flexibility index (Phi) is 7.41. The molecule has 3 rings (SSSR count). The molecule has 0 saturated heterocycles. The van der Waals surface area contributed by atoms with E-state index in [0.717, 1.165) is 15.7 Å². The van der Waals surface area contributed by atoms with Gasteiger partial charge in [0.05, 0.1) is 11.3 Å². The summed E-state index contributed by atoms with van der Waals surface area (Å²) in [5.41, 5.74) is 1.89. The fourth-order valence-corrected chi connectivity index (χ4v) is 4.62. The number of benzene rings is 2. The van der Waals surface area contributed by atoms with Crippen LogP contribution >= 0.6 is 35.3 Å². The number of amides is 1. The van der Waals surface area contributed by atoms with E-state index in [2.05, 4.69) is 5.10 Å². The Morgan fingerprint density at radius 1 is 1.17 bits per heavy atom. The van der Waals surface area contributed by atoms with E-state index in [1.807, 2.05) is 50.4 Å². The fraction of sp³-hybridized carbons (Fsp3) is 0.238. The Morgan fingerprint density at radius 2 is 1.83 bits per heavy atom. The average Bonchev–Trinajstić information content (AvgIpc) is 3.13. The topological polar surface area (TPSA) is 64.4 Å². The van der Waals surface area contributed by atoms with Gasteiger partial charge in [-0.15, -0.1) is 5.10 Å². The number of thioether (sulfide) groups is 1. The van der Waals surface area contributed by atoms with Crippen molar-refractivity contribution in [2.75, 3.05) is 17.8 Å². The maximum absolute atomic E-state index is 12.7. The lowest BCUT2D eigenvalue weighted by Gasteiger charge is -2.26. The Bertz CT molecular complexity index is 1080. The summed E-state index contributed by atoms with van der Waals surface area (Å²) in [6.07, 6.45) is 1.94. The van der Waals surface area contributed by atoms with Gasteiger partial charge in [0.1, 0.15) is 0 Å². The van der Waals surface area contributed by atoms with Crippen molar-refractivity contribution in [1.82, 2.24) is 9.78 Å². The van der Waals surface area contributed by atoms with Crippen molar-refractivity contribution in [2.45, 2.75) is 24.2 Å². The molecule has 0 spiro atoms. The number of anilines is 1. The summed E-state index contributed by atoms with van der Waals surface area (Å²) in [6.45, 7) is 3.50. The minimum Gasteiger partial charge on any atom is -0.452 e. The van der Waals surface area contributed by atoms with Crippen LogP contribution in [-0.2, 0) is 9.53 Å². The highest BCUT2D eigenvalue weighted by atomic mass is 32.2. The van der Waals surface area contributed by atoms with Crippen LogP contribution in [0, 0.1) is 3.95 Å². The third-order valence-corrected chi connectivity index (χ3v) is 6.41. The summed E-state index contributed by atoms with van der Waals surface area (Å²) in [5, 5.41) is 4.42. The van der Waals surface area contributed by atoms with Crippen molar-refractivity contribution in [3.63, 3.8) is 0 Å². The number of carbonyl (C=O) groups excluding carboxylic acids is 2. The van der Waals surface area contributed by atoms with Crippen molar-refractivity contribution in [1.29, 1.82) is 0 Å². The molecule has 0 aliphatic carbocycles. The first-order valence-corrected chi connectivity index (χ1v) is 11.6. The highest BCUT2D eigenvalue weighted by Gasteiger charge is 2.20. The summed E-state index contributed by atoms with van der Waals surface area (Å²) in [4.78, 5) is 26.7. The zero-order valence-electron chi connectivity index (χ0n) is 16.8. The molecule has 1 heterocycles. The lowest BCUT2D eigenvalue weighted by molar-refractivity contribution is -0.122. The molecule has 1 aromatic heterocycles. The van der Waals surface area contributed by atoms with Crippen LogP contribution in [0.2, 0.25) is 0 Å². The minimum atomic E-state index is -0.557. The smallest absolute Gasteiger partial charge is 0.338 e. The molecule has 156 valence electrons. The van der Waals surface area contributed by atoms with Crippen LogP contribution in [0.4, 0.5) is 5.69 Å². The number of aromatic nitrogens is 2. The van der Waals surface area contributed by atoms with Crippen molar-refractivity contribution >= 4 is 52.9 Å². The minimum absolute atomic E-state index is 0.0632. The number of hydrogen-bond acceptors (Lipinski definition) is 7. The number of ether oxygens (including phenoxy) is 1. The van der Waals surface area contributed by atoms with Gasteiger partial charge < -0.3 is 9.64 Å². The molecule has 0 radical (unpaired) electrons. The second-order valence-electron chi connectivity index (χ2n) is 6.57. The molecular formula is C21H21N3O3S3. The monoisotopic (exact) mass is 459 g/mol. The first kappa shape index (κ1) is 22.2. The van der Waals surface area contributed by atoms with Gasteiger partial charge in [-0.3, -0.25) is 4.79 Å². The molecule has 1 amide bonds. The van der Waals surface area contributed by atoms with E-state index < -0.39 is 5.97 Å². The van der Waals surface area contributed by atoms with Gasteiger partial charge in [-0.25, -0.2) is 9.48 Å². The molecule has 3 aromatic rings. The molecule has 0 bridgehead atoms. The standard InChI is InChI=1S/C21H21N3O3S3/c1-14(2)23(16-7-5-4-6-8-16)18(25)13-27-19(26)15-9-11-17(12-10-15)24-21(28)30-20(22-24)29-3/h4-12,14H,13H2,1-3H3. The van der Waals surface area contributed by atoms with Crippen LogP contribution in [-0.4, -0.2) is 40.6 Å². The predicted octanol–water partition coefficient (Wildman–Crippen LogP) is 4.98. The van der Waals surface area contributed by atoms with Crippen LogP contribution in [0.1, 0.15) is 24.2 Å². The van der Waals surface area contributed by atoms with Gasteiger partial charge in [0.2, 0.25) is 0 Å².